The Kier molecular flexibility index (Phi) is 5.57. The average Bonchev–Trinajstić information content (AvgIpc) is 2.90. The summed E-state index contributed by atoms with van der Waals surface area (Å²) in [5.74, 6) is -2.22. The van der Waals surface area contributed by atoms with E-state index in [1.807, 2.05) is 12.1 Å². The number of nitro benzene ring substituents is 1. The van der Waals surface area contributed by atoms with Crippen LogP contribution in [0.25, 0.3) is 10.8 Å². The molecule has 1 aliphatic heterocycles. The number of benzene rings is 4. The van der Waals surface area contributed by atoms with E-state index in [4.69, 9.17) is 4.74 Å². The van der Waals surface area contributed by atoms with Crippen molar-refractivity contribution < 1.29 is 28.8 Å². The van der Waals surface area contributed by atoms with Crippen LogP contribution in [0.15, 0.2) is 84.9 Å². The molecule has 36 heavy (non-hydrogen) atoms. The normalized spacial score (nSPS) is 12.5. The number of esters is 1. The van der Waals surface area contributed by atoms with E-state index in [1.54, 1.807) is 24.3 Å². The predicted molar refractivity (Wildman–Crippen MR) is 129 cm³/mol. The van der Waals surface area contributed by atoms with Crippen molar-refractivity contribution >= 4 is 45.7 Å². The third kappa shape index (κ3) is 3.88. The molecule has 0 radical (unpaired) electrons. The van der Waals surface area contributed by atoms with Gasteiger partial charge in [-0.3, -0.25) is 24.5 Å². The SMILES string of the molecule is O=C(COC(=O)c1ccc(N2C(=O)c3cccc4cccc(c34)C2=O)cc1)c1ccc([N+](=O)[O-])cc1. The number of non-ortho nitro benzene ring substituents is 1. The molecule has 0 saturated carbocycles. The van der Waals surface area contributed by atoms with Gasteiger partial charge in [0.15, 0.2) is 12.4 Å². The topological polar surface area (TPSA) is 124 Å². The summed E-state index contributed by atoms with van der Waals surface area (Å²) in [6, 6.07) is 21.2. The molecule has 4 aromatic carbocycles. The molecule has 0 saturated heterocycles. The maximum Gasteiger partial charge on any atom is 0.338 e. The monoisotopic (exact) mass is 480 g/mol. The largest absolute Gasteiger partial charge is 0.454 e. The lowest BCUT2D eigenvalue weighted by atomic mass is 9.94. The van der Waals surface area contributed by atoms with Gasteiger partial charge in [-0.2, -0.15) is 0 Å². The van der Waals surface area contributed by atoms with Gasteiger partial charge in [-0.05, 0) is 53.9 Å². The number of nitrogens with zero attached hydrogens (tertiary/aromatic N) is 2. The molecule has 0 bridgehead atoms. The van der Waals surface area contributed by atoms with E-state index in [2.05, 4.69) is 0 Å². The Bertz CT molecular complexity index is 1520. The molecule has 1 aliphatic rings. The number of amides is 2. The fourth-order valence-corrected chi connectivity index (χ4v) is 4.08. The van der Waals surface area contributed by atoms with Crippen molar-refractivity contribution in [1.82, 2.24) is 0 Å². The number of carbonyl (C=O) groups is 4. The predicted octanol–water partition coefficient (Wildman–Crippen LogP) is 4.59. The maximum absolute atomic E-state index is 13.1. The van der Waals surface area contributed by atoms with Crippen molar-refractivity contribution in [3.63, 3.8) is 0 Å². The van der Waals surface area contributed by atoms with Gasteiger partial charge < -0.3 is 4.74 Å². The molecule has 9 nitrogen and oxygen atoms in total. The summed E-state index contributed by atoms with van der Waals surface area (Å²) in [4.78, 5) is 62.1. The van der Waals surface area contributed by atoms with Gasteiger partial charge in [0.05, 0.1) is 16.2 Å². The van der Waals surface area contributed by atoms with E-state index in [0.717, 1.165) is 10.3 Å². The number of carbonyl (C=O) groups excluding carboxylic acids is 4. The van der Waals surface area contributed by atoms with Gasteiger partial charge in [0.2, 0.25) is 0 Å². The van der Waals surface area contributed by atoms with Gasteiger partial charge in [-0.25, -0.2) is 9.69 Å². The molecule has 0 unspecified atom stereocenters. The summed E-state index contributed by atoms with van der Waals surface area (Å²) in [6.45, 7) is -0.553. The Morgan fingerprint density at radius 2 is 1.33 bits per heavy atom. The number of imide groups is 1. The molecule has 0 spiro atoms. The number of ketones is 1. The van der Waals surface area contributed by atoms with E-state index in [-0.39, 0.29) is 22.5 Å². The number of Topliss-reactive ketones (excluding diaryl/α,β-unsaturated/α-hetero) is 1. The number of ether oxygens (including phenoxy) is 1. The van der Waals surface area contributed by atoms with Crippen molar-refractivity contribution in [3.05, 3.63) is 117 Å². The molecule has 0 N–H and O–H groups in total. The highest BCUT2D eigenvalue weighted by atomic mass is 16.6. The van der Waals surface area contributed by atoms with E-state index in [0.29, 0.717) is 16.5 Å². The van der Waals surface area contributed by atoms with Gasteiger partial charge in [0, 0.05) is 34.2 Å². The van der Waals surface area contributed by atoms with Crippen LogP contribution in [0, 0.1) is 10.1 Å². The van der Waals surface area contributed by atoms with E-state index < -0.39 is 35.1 Å². The van der Waals surface area contributed by atoms with Crippen LogP contribution in [-0.4, -0.2) is 35.1 Å². The van der Waals surface area contributed by atoms with Crippen molar-refractivity contribution in [1.29, 1.82) is 0 Å². The summed E-state index contributed by atoms with van der Waals surface area (Å²) in [6.07, 6.45) is 0. The van der Waals surface area contributed by atoms with Crippen molar-refractivity contribution in [2.45, 2.75) is 0 Å². The van der Waals surface area contributed by atoms with Crippen LogP contribution in [-0.2, 0) is 4.74 Å². The Labute approximate surface area is 203 Å². The van der Waals surface area contributed by atoms with Crippen molar-refractivity contribution in [3.8, 4) is 0 Å². The molecular formula is C27H16N2O7. The average molecular weight is 480 g/mol. The molecular weight excluding hydrogens is 464 g/mol. The van der Waals surface area contributed by atoms with Crippen molar-refractivity contribution in [2.24, 2.45) is 0 Å². The summed E-state index contributed by atoms with van der Waals surface area (Å²) in [5, 5.41) is 12.1. The second-order valence-corrected chi connectivity index (χ2v) is 8.01. The molecule has 0 atom stereocenters. The standard InChI is InChI=1S/C27H16N2O7/c30-23(16-7-13-20(14-8-16)29(34)35)15-36-27(33)18-9-11-19(12-10-18)28-25(31)21-5-1-3-17-4-2-6-22(24(17)21)26(28)32/h1-14H,15H2. The lowest BCUT2D eigenvalue weighted by Crippen LogP contribution is -2.40. The van der Waals surface area contributed by atoms with E-state index in [9.17, 15) is 29.3 Å². The first-order valence-electron chi connectivity index (χ1n) is 10.8. The zero-order chi connectivity index (χ0) is 25.4. The maximum atomic E-state index is 13.1. The lowest BCUT2D eigenvalue weighted by Gasteiger charge is -2.27. The van der Waals surface area contributed by atoms with Crippen LogP contribution in [0.3, 0.4) is 0 Å². The minimum Gasteiger partial charge on any atom is -0.454 e. The fraction of sp³-hybridized carbons (Fsp3) is 0.0370. The van der Waals surface area contributed by atoms with E-state index in [1.165, 1.54) is 48.5 Å². The molecule has 0 aliphatic carbocycles. The molecule has 0 fully saturated rings. The van der Waals surface area contributed by atoms with Gasteiger partial charge in [0.1, 0.15) is 0 Å². The molecule has 2 amide bonds. The molecule has 1 heterocycles. The smallest absolute Gasteiger partial charge is 0.338 e. The summed E-state index contributed by atoms with van der Waals surface area (Å²) in [5.41, 5.74) is 1.24. The highest BCUT2D eigenvalue weighted by molar-refractivity contribution is 6.35. The van der Waals surface area contributed by atoms with Gasteiger partial charge in [-0.1, -0.05) is 24.3 Å². The Morgan fingerprint density at radius 1 is 0.778 bits per heavy atom. The van der Waals surface area contributed by atoms with Crippen LogP contribution in [0.2, 0.25) is 0 Å². The first kappa shape index (κ1) is 22.6. The minimum absolute atomic E-state index is 0.120. The van der Waals surface area contributed by atoms with E-state index >= 15 is 0 Å². The lowest BCUT2D eigenvalue weighted by molar-refractivity contribution is -0.384. The molecule has 176 valence electrons. The number of hydrogen-bond acceptors (Lipinski definition) is 7. The zero-order valence-electron chi connectivity index (χ0n) is 18.5. The number of nitro groups is 1. The fourth-order valence-electron chi connectivity index (χ4n) is 4.08. The number of anilines is 1. The quantitative estimate of drug-likeness (QED) is 0.130. The molecule has 0 aromatic heterocycles. The number of hydrogen-bond donors (Lipinski definition) is 0. The first-order chi connectivity index (χ1) is 17.3. The summed E-state index contributed by atoms with van der Waals surface area (Å²) >= 11 is 0. The summed E-state index contributed by atoms with van der Waals surface area (Å²) < 4.78 is 5.06. The Morgan fingerprint density at radius 3 is 1.89 bits per heavy atom. The van der Waals surface area contributed by atoms with Crippen LogP contribution in [0.1, 0.15) is 41.4 Å². The summed E-state index contributed by atoms with van der Waals surface area (Å²) in [7, 11) is 0. The first-order valence-corrected chi connectivity index (χ1v) is 10.8. The Balaban J connectivity index is 1.30. The number of rotatable bonds is 6. The second kappa shape index (κ2) is 8.88. The van der Waals surface area contributed by atoms with Crippen LogP contribution in [0.4, 0.5) is 11.4 Å². The van der Waals surface area contributed by atoms with Crippen LogP contribution >= 0.6 is 0 Å². The molecule has 4 aromatic rings. The Hall–Kier alpha value is -5.18. The third-order valence-corrected chi connectivity index (χ3v) is 5.87. The van der Waals surface area contributed by atoms with Gasteiger partial charge in [0.25, 0.3) is 17.5 Å². The minimum atomic E-state index is -0.775. The third-order valence-electron chi connectivity index (χ3n) is 5.87. The van der Waals surface area contributed by atoms with Gasteiger partial charge in [-0.15, -0.1) is 0 Å². The highest BCUT2D eigenvalue weighted by Crippen LogP contribution is 2.32. The highest BCUT2D eigenvalue weighted by Gasteiger charge is 2.33. The zero-order valence-corrected chi connectivity index (χ0v) is 18.5. The molecule has 9 heteroatoms. The van der Waals surface area contributed by atoms with Crippen LogP contribution < -0.4 is 4.90 Å². The van der Waals surface area contributed by atoms with Crippen LogP contribution in [0.5, 0.6) is 0 Å². The van der Waals surface area contributed by atoms with Crippen molar-refractivity contribution in [2.75, 3.05) is 11.5 Å². The second-order valence-electron chi connectivity index (χ2n) is 8.01. The van der Waals surface area contributed by atoms with Gasteiger partial charge >= 0.3 is 5.97 Å². The molecule has 5 rings (SSSR count).